The van der Waals surface area contributed by atoms with E-state index in [4.69, 9.17) is 9.47 Å². The van der Waals surface area contributed by atoms with E-state index >= 15 is 0 Å². The third kappa shape index (κ3) is 12.8. The summed E-state index contributed by atoms with van der Waals surface area (Å²) in [4.78, 5) is 56.6. The summed E-state index contributed by atoms with van der Waals surface area (Å²) in [5.74, 6) is -0.0381. The van der Waals surface area contributed by atoms with Gasteiger partial charge in [-0.3, -0.25) is 14.5 Å². The first-order chi connectivity index (χ1) is 28.6. The van der Waals surface area contributed by atoms with Gasteiger partial charge in [-0.05, 0) is 125 Å². The number of aromatic nitrogens is 4. The van der Waals surface area contributed by atoms with Gasteiger partial charge in [-0.1, -0.05) is 48.5 Å². The van der Waals surface area contributed by atoms with Gasteiger partial charge in [0.2, 0.25) is 17.6 Å². The Morgan fingerprint density at radius 2 is 1.45 bits per heavy atom. The van der Waals surface area contributed by atoms with Crippen molar-refractivity contribution < 1.29 is 28.7 Å². The number of nitrogens with one attached hydrogen (secondary N) is 4. The number of carbonyl (C=O) groups is 4. The molecule has 4 N–H and O–H groups in total. The SMILES string of the molecule is CC(C)(C)OC(=O)NCC1CCC(C(=O)N[C@@H](Cc2ccc(-c3ccccc3CN3CCN(C(=O)OC(C)(C)C)CC3)cc2)C(=O)Nc2ccc(-c3nn[nH]n3)cc2)CC1. The van der Waals surface area contributed by atoms with E-state index in [1.807, 2.05) is 65.8 Å². The predicted molar refractivity (Wildman–Crippen MR) is 229 cm³/mol. The first-order valence-corrected chi connectivity index (χ1v) is 20.9. The van der Waals surface area contributed by atoms with Gasteiger partial charge in [0, 0.05) is 62.9 Å². The van der Waals surface area contributed by atoms with E-state index in [-0.39, 0.29) is 36.2 Å². The van der Waals surface area contributed by atoms with E-state index in [2.05, 4.69) is 65.7 Å². The summed E-state index contributed by atoms with van der Waals surface area (Å²) < 4.78 is 10.9. The molecule has 0 unspecified atom stereocenters. The van der Waals surface area contributed by atoms with Gasteiger partial charge in [0.15, 0.2) is 0 Å². The molecule has 320 valence electrons. The Balaban J connectivity index is 1.09. The lowest BCUT2D eigenvalue weighted by molar-refractivity contribution is -0.130. The number of rotatable bonds is 12. The first-order valence-electron chi connectivity index (χ1n) is 20.9. The molecule has 2 fully saturated rings. The topological polar surface area (TPSA) is 184 Å². The van der Waals surface area contributed by atoms with Crippen LogP contribution in [-0.4, -0.2) is 104 Å². The molecule has 0 spiro atoms. The van der Waals surface area contributed by atoms with Crippen LogP contribution in [0.15, 0.2) is 72.8 Å². The Labute approximate surface area is 352 Å². The van der Waals surface area contributed by atoms with Crippen LogP contribution in [0.4, 0.5) is 15.3 Å². The molecular weight excluding hydrogens is 763 g/mol. The maximum atomic E-state index is 13.9. The molecule has 6 rings (SSSR count). The lowest BCUT2D eigenvalue weighted by Crippen LogP contribution is -2.49. The fourth-order valence-electron chi connectivity index (χ4n) is 7.54. The minimum absolute atomic E-state index is 0.154. The number of amides is 4. The molecule has 4 aromatic rings. The van der Waals surface area contributed by atoms with E-state index < -0.39 is 23.3 Å². The summed E-state index contributed by atoms with van der Waals surface area (Å²) in [6.07, 6.45) is 2.46. The molecular formula is C45H59N9O6. The Morgan fingerprint density at radius 3 is 2.08 bits per heavy atom. The number of alkyl carbamates (subject to hydrolysis) is 1. The van der Waals surface area contributed by atoms with Gasteiger partial charge in [0.1, 0.15) is 17.2 Å². The molecule has 2 heterocycles. The van der Waals surface area contributed by atoms with Crippen molar-refractivity contribution >= 4 is 29.7 Å². The van der Waals surface area contributed by atoms with Crippen LogP contribution in [0.5, 0.6) is 0 Å². The molecule has 0 radical (unpaired) electrons. The molecule has 3 aromatic carbocycles. The molecule has 15 heteroatoms. The van der Waals surface area contributed by atoms with E-state index in [0.717, 1.165) is 54.7 Å². The standard InChI is InChI=1S/C45H59N9O6/c1-44(2,3)59-42(57)46-28-31-13-17-34(18-14-31)40(55)48-38(41(56)47-36-21-19-33(20-22-36)39-49-51-52-50-39)27-30-11-15-32(16-12-30)37-10-8-7-9-35(37)29-53-23-25-54(26-24-53)43(58)60-45(4,5)6/h7-12,15-16,19-22,31,34,38H,13-14,17-18,23-29H2,1-6H3,(H,46,57)(H,47,56)(H,48,55)(H,49,50,51,52)/t31?,34?,38-/m0/s1. The first kappa shape index (κ1) is 43.7. The summed E-state index contributed by atoms with van der Waals surface area (Å²) in [6.45, 7) is 15.1. The Bertz CT molecular complexity index is 2040. The highest BCUT2D eigenvalue weighted by molar-refractivity contribution is 5.97. The van der Waals surface area contributed by atoms with Crippen LogP contribution in [0.25, 0.3) is 22.5 Å². The smallest absolute Gasteiger partial charge is 0.410 e. The number of H-pyrrole nitrogens is 1. The molecule has 0 bridgehead atoms. The number of hydrogen-bond acceptors (Lipinski definition) is 10. The lowest BCUT2D eigenvalue weighted by atomic mass is 9.81. The number of carbonyl (C=O) groups excluding carboxylic acids is 4. The average Bonchev–Trinajstić information content (AvgIpc) is 3.75. The predicted octanol–water partition coefficient (Wildman–Crippen LogP) is 6.58. The van der Waals surface area contributed by atoms with E-state index in [9.17, 15) is 19.2 Å². The summed E-state index contributed by atoms with van der Waals surface area (Å²) in [5, 5.41) is 23.0. The van der Waals surface area contributed by atoms with Crippen molar-refractivity contribution in [3.63, 3.8) is 0 Å². The van der Waals surface area contributed by atoms with Crippen molar-refractivity contribution in [2.75, 3.05) is 38.0 Å². The third-order valence-corrected chi connectivity index (χ3v) is 10.7. The number of nitrogens with zero attached hydrogens (tertiary/aromatic N) is 5. The second-order valence-corrected chi connectivity index (χ2v) is 17.8. The van der Waals surface area contributed by atoms with Crippen molar-refractivity contribution in [1.29, 1.82) is 0 Å². The zero-order chi connectivity index (χ0) is 42.9. The second kappa shape index (κ2) is 19.5. The Hall–Kier alpha value is -5.83. The Kier molecular flexibility index (Phi) is 14.2. The average molecular weight is 822 g/mol. The van der Waals surface area contributed by atoms with E-state index in [0.29, 0.717) is 44.0 Å². The molecule has 60 heavy (non-hydrogen) atoms. The molecule has 1 aromatic heterocycles. The summed E-state index contributed by atoms with van der Waals surface area (Å²) in [6, 6.07) is 22.8. The third-order valence-electron chi connectivity index (χ3n) is 10.7. The van der Waals surface area contributed by atoms with E-state index in [1.165, 1.54) is 5.56 Å². The zero-order valence-corrected chi connectivity index (χ0v) is 35.6. The highest BCUT2D eigenvalue weighted by atomic mass is 16.6. The maximum Gasteiger partial charge on any atom is 0.410 e. The van der Waals surface area contributed by atoms with Gasteiger partial charge in [0.05, 0.1) is 0 Å². The van der Waals surface area contributed by atoms with Crippen LogP contribution < -0.4 is 16.0 Å². The number of anilines is 1. The minimum Gasteiger partial charge on any atom is -0.444 e. The summed E-state index contributed by atoms with van der Waals surface area (Å²) in [5.41, 5.74) is 4.46. The fraction of sp³-hybridized carbons (Fsp3) is 0.489. The highest BCUT2D eigenvalue weighted by Crippen LogP contribution is 2.30. The number of ether oxygens (including phenoxy) is 2. The normalized spacial score (nSPS) is 17.9. The van der Waals surface area contributed by atoms with Gasteiger partial charge < -0.3 is 30.3 Å². The maximum absolute atomic E-state index is 13.9. The lowest BCUT2D eigenvalue weighted by Gasteiger charge is -2.35. The Morgan fingerprint density at radius 1 is 0.800 bits per heavy atom. The van der Waals surface area contributed by atoms with Crippen LogP contribution >= 0.6 is 0 Å². The number of tetrazole rings is 1. The van der Waals surface area contributed by atoms with Crippen molar-refractivity contribution in [2.24, 2.45) is 11.8 Å². The number of benzene rings is 3. The molecule has 1 atom stereocenters. The molecule has 1 aliphatic carbocycles. The fourth-order valence-corrected chi connectivity index (χ4v) is 7.54. The van der Waals surface area contributed by atoms with Crippen molar-refractivity contribution in [3.05, 3.63) is 83.9 Å². The molecule has 1 saturated carbocycles. The van der Waals surface area contributed by atoms with Gasteiger partial charge in [-0.2, -0.15) is 5.21 Å². The van der Waals surface area contributed by atoms with Gasteiger partial charge in [-0.15, -0.1) is 10.2 Å². The monoisotopic (exact) mass is 821 g/mol. The summed E-state index contributed by atoms with van der Waals surface area (Å²) >= 11 is 0. The second-order valence-electron chi connectivity index (χ2n) is 17.8. The van der Waals surface area contributed by atoms with Crippen LogP contribution in [0.1, 0.15) is 78.4 Å². The highest BCUT2D eigenvalue weighted by Gasteiger charge is 2.31. The minimum atomic E-state index is -0.835. The van der Waals surface area contributed by atoms with Crippen LogP contribution in [0, 0.1) is 11.8 Å². The quantitative estimate of drug-likeness (QED) is 0.122. The molecule has 1 saturated heterocycles. The van der Waals surface area contributed by atoms with Gasteiger partial charge >= 0.3 is 12.2 Å². The summed E-state index contributed by atoms with van der Waals surface area (Å²) in [7, 11) is 0. The molecule has 1 aliphatic heterocycles. The van der Waals surface area contributed by atoms with E-state index in [1.54, 1.807) is 29.2 Å². The van der Waals surface area contributed by atoms with Crippen molar-refractivity contribution in [1.82, 2.24) is 41.1 Å². The van der Waals surface area contributed by atoms with Gasteiger partial charge in [0.25, 0.3) is 0 Å². The van der Waals surface area contributed by atoms with Crippen LogP contribution in [-0.2, 0) is 32.0 Å². The molecule has 4 amide bonds. The van der Waals surface area contributed by atoms with Gasteiger partial charge in [-0.25, -0.2) is 9.59 Å². The van der Waals surface area contributed by atoms with Crippen LogP contribution in [0.2, 0.25) is 0 Å². The number of hydrogen-bond donors (Lipinski definition) is 4. The largest absolute Gasteiger partial charge is 0.444 e. The number of piperazine rings is 1. The van der Waals surface area contributed by atoms with Crippen molar-refractivity contribution in [3.8, 4) is 22.5 Å². The number of aromatic amines is 1. The van der Waals surface area contributed by atoms with Crippen LogP contribution in [0.3, 0.4) is 0 Å². The van der Waals surface area contributed by atoms with Crippen molar-refractivity contribution in [2.45, 2.75) is 97.4 Å². The zero-order valence-electron chi connectivity index (χ0n) is 35.6. The molecule has 2 aliphatic rings. The molecule has 15 nitrogen and oxygen atoms in total.